The highest BCUT2D eigenvalue weighted by Gasteiger charge is 2.29. The third kappa shape index (κ3) is 5.88. The number of pyridine rings is 1. The molecule has 0 fully saturated rings. The lowest BCUT2D eigenvalue weighted by Crippen LogP contribution is -2.23. The Bertz CT molecular complexity index is 2650. The maximum Gasteiger partial charge on any atom is 0.137 e. The van der Waals surface area contributed by atoms with Gasteiger partial charge in [0.05, 0.1) is 22.4 Å². The normalized spacial score (nSPS) is 12.8. The Balaban J connectivity index is 1.08. The Labute approximate surface area is 311 Å². The van der Waals surface area contributed by atoms with Gasteiger partial charge in [-0.25, -0.2) is 4.98 Å². The van der Waals surface area contributed by atoms with Crippen LogP contribution in [0.1, 0.15) is 37.5 Å². The number of benzene rings is 6. The van der Waals surface area contributed by atoms with Gasteiger partial charge in [0.2, 0.25) is 0 Å². The molecule has 8 aromatic rings. The summed E-state index contributed by atoms with van der Waals surface area (Å²) >= 11 is 0. The molecule has 0 aliphatic carbocycles. The van der Waals surface area contributed by atoms with Crippen LogP contribution in [0.25, 0.3) is 38.8 Å². The van der Waals surface area contributed by atoms with Crippen LogP contribution in [-0.4, -0.2) is 16.2 Å². The van der Waals surface area contributed by atoms with E-state index >= 15 is 0 Å². The first-order chi connectivity index (χ1) is 25.7. The van der Waals surface area contributed by atoms with Crippen LogP contribution in [0.5, 0.6) is 11.5 Å². The highest BCUT2D eigenvalue weighted by atomic mass is 16.5. The fraction of sp³-hybridized carbons (Fsp3) is 0.146. The Morgan fingerprint density at radius 3 is 1.94 bits per heavy atom. The summed E-state index contributed by atoms with van der Waals surface area (Å²) in [5.74, 6) is 2.46. The summed E-state index contributed by atoms with van der Waals surface area (Å²) in [7, 11) is 0. The highest BCUT2D eigenvalue weighted by molar-refractivity contribution is 6.09. The number of aromatic nitrogens is 2. The molecule has 6 aromatic carbocycles. The average Bonchev–Trinajstić information content (AvgIpc) is 3.70. The molecule has 1 aliphatic heterocycles. The van der Waals surface area contributed by atoms with E-state index in [0.29, 0.717) is 6.67 Å². The molecular weight excluding hydrogens is 649 g/mol. The topological polar surface area (TPSA) is 33.5 Å². The molecule has 0 unspecified atom stereocenters. The summed E-state index contributed by atoms with van der Waals surface area (Å²) in [6.07, 6.45) is 1.92. The van der Waals surface area contributed by atoms with E-state index in [9.17, 15) is 0 Å². The lowest BCUT2D eigenvalue weighted by atomic mass is 9.88. The number of nitrogens with zero attached hydrogens (tertiary/aromatic N) is 4. The molecule has 2 aromatic heterocycles. The highest BCUT2D eigenvalue weighted by Crippen LogP contribution is 2.47. The van der Waals surface area contributed by atoms with Crippen LogP contribution in [0.2, 0.25) is 0 Å². The lowest BCUT2D eigenvalue weighted by molar-refractivity contribution is 0.483. The SMILES string of the molecule is Cc1cc2c(cc1C)N(c1cccc(-c3ccccc3)c1)CN2c1cccc(Oc2ccc3c4ccccc4n(-c4cc(C(C)(C)C)ccn4)c3c2)c1. The van der Waals surface area contributed by atoms with Gasteiger partial charge in [-0.15, -0.1) is 0 Å². The summed E-state index contributed by atoms with van der Waals surface area (Å²) in [5.41, 5.74) is 13.0. The van der Waals surface area contributed by atoms with Gasteiger partial charge in [0.25, 0.3) is 0 Å². The number of anilines is 4. The number of aryl methyl sites for hydroxylation is 2. The van der Waals surface area contributed by atoms with E-state index in [-0.39, 0.29) is 5.41 Å². The second-order valence-corrected chi connectivity index (χ2v) is 15.1. The molecule has 5 nitrogen and oxygen atoms in total. The van der Waals surface area contributed by atoms with Crippen molar-refractivity contribution in [3.05, 3.63) is 168 Å². The Morgan fingerprint density at radius 2 is 1.19 bits per heavy atom. The first-order valence-electron chi connectivity index (χ1n) is 18.3. The van der Waals surface area contributed by atoms with Crippen LogP contribution in [0, 0.1) is 13.8 Å². The van der Waals surface area contributed by atoms with E-state index in [1.54, 1.807) is 0 Å². The van der Waals surface area contributed by atoms with Crippen LogP contribution >= 0.6 is 0 Å². The van der Waals surface area contributed by atoms with Crippen molar-refractivity contribution >= 4 is 44.6 Å². The predicted octanol–water partition coefficient (Wildman–Crippen LogP) is 12.8. The van der Waals surface area contributed by atoms with E-state index in [4.69, 9.17) is 9.72 Å². The number of hydrogen-bond acceptors (Lipinski definition) is 4. The zero-order valence-corrected chi connectivity index (χ0v) is 30.8. The Kier molecular flexibility index (Phi) is 7.81. The van der Waals surface area contributed by atoms with E-state index in [0.717, 1.165) is 39.7 Å². The lowest BCUT2D eigenvalue weighted by Gasteiger charge is -2.23. The standard InChI is InChI=1S/C48H42N4O/c1-32-25-45-46(26-33(32)2)51(31-50(45)37-16-11-15-35(27-37)34-13-7-6-8-14-34)38-17-12-18-39(29-38)53-40-21-22-42-41-19-9-10-20-43(41)52(44(42)30-40)47-28-36(23-24-49-47)48(3,4)5/h6-30H,31H2,1-5H3. The zero-order valence-electron chi connectivity index (χ0n) is 30.8. The van der Waals surface area contributed by atoms with Crippen LogP contribution < -0.4 is 14.5 Å². The number of hydrogen-bond donors (Lipinski definition) is 0. The molecule has 53 heavy (non-hydrogen) atoms. The molecule has 0 radical (unpaired) electrons. The molecule has 1 aliphatic rings. The van der Waals surface area contributed by atoms with Crippen LogP contribution in [0.15, 0.2) is 152 Å². The van der Waals surface area contributed by atoms with Gasteiger partial charge >= 0.3 is 0 Å². The fourth-order valence-corrected chi connectivity index (χ4v) is 7.56. The molecule has 0 atom stereocenters. The zero-order chi connectivity index (χ0) is 36.3. The molecule has 0 N–H and O–H groups in total. The molecule has 0 bridgehead atoms. The fourth-order valence-electron chi connectivity index (χ4n) is 7.56. The smallest absolute Gasteiger partial charge is 0.137 e. The van der Waals surface area contributed by atoms with Gasteiger partial charge in [0, 0.05) is 40.5 Å². The van der Waals surface area contributed by atoms with Crippen molar-refractivity contribution in [1.29, 1.82) is 0 Å². The van der Waals surface area contributed by atoms with Crippen molar-refractivity contribution < 1.29 is 4.74 Å². The molecule has 0 spiro atoms. The predicted molar refractivity (Wildman–Crippen MR) is 221 cm³/mol. The number of fused-ring (bicyclic) bond motifs is 4. The Morgan fingerprint density at radius 1 is 0.547 bits per heavy atom. The van der Waals surface area contributed by atoms with E-state index in [1.807, 2.05) is 12.3 Å². The summed E-state index contributed by atoms with van der Waals surface area (Å²) < 4.78 is 8.94. The molecule has 0 saturated heterocycles. The largest absolute Gasteiger partial charge is 0.457 e. The van der Waals surface area contributed by atoms with Gasteiger partial charge < -0.3 is 14.5 Å². The maximum absolute atomic E-state index is 6.68. The molecule has 9 rings (SSSR count). The second kappa shape index (κ2) is 12.7. The van der Waals surface area contributed by atoms with Crippen molar-refractivity contribution in [1.82, 2.24) is 9.55 Å². The third-order valence-electron chi connectivity index (χ3n) is 10.6. The molecule has 0 saturated carbocycles. The van der Waals surface area contributed by atoms with Gasteiger partial charge in [-0.3, -0.25) is 4.57 Å². The molecule has 260 valence electrons. The van der Waals surface area contributed by atoms with E-state index in [1.165, 1.54) is 50.0 Å². The number of ether oxygens (including phenoxy) is 1. The number of para-hydroxylation sites is 1. The number of rotatable bonds is 6. The Hall–Kier alpha value is -6.33. The molecule has 5 heteroatoms. The van der Waals surface area contributed by atoms with Gasteiger partial charge in [-0.05, 0) is 114 Å². The van der Waals surface area contributed by atoms with Crippen molar-refractivity contribution in [2.75, 3.05) is 16.5 Å². The maximum atomic E-state index is 6.68. The molecular formula is C48H42N4O. The summed E-state index contributed by atoms with van der Waals surface area (Å²) in [4.78, 5) is 9.66. The summed E-state index contributed by atoms with van der Waals surface area (Å²) in [6.45, 7) is 11.8. The third-order valence-corrected chi connectivity index (χ3v) is 10.6. The van der Waals surface area contributed by atoms with Crippen LogP contribution in [-0.2, 0) is 5.41 Å². The van der Waals surface area contributed by atoms with E-state index in [2.05, 4.69) is 189 Å². The van der Waals surface area contributed by atoms with Crippen molar-refractivity contribution in [3.8, 4) is 28.4 Å². The van der Waals surface area contributed by atoms with Crippen molar-refractivity contribution in [3.63, 3.8) is 0 Å². The minimum Gasteiger partial charge on any atom is -0.457 e. The minimum absolute atomic E-state index is 0.00630. The minimum atomic E-state index is 0.00630. The summed E-state index contributed by atoms with van der Waals surface area (Å²) in [6, 6.07) is 51.8. The van der Waals surface area contributed by atoms with Crippen LogP contribution in [0.3, 0.4) is 0 Å². The van der Waals surface area contributed by atoms with Crippen LogP contribution in [0.4, 0.5) is 22.7 Å². The van der Waals surface area contributed by atoms with Crippen molar-refractivity contribution in [2.24, 2.45) is 0 Å². The van der Waals surface area contributed by atoms with Gasteiger partial charge in [-0.2, -0.15) is 0 Å². The van der Waals surface area contributed by atoms with E-state index < -0.39 is 0 Å². The van der Waals surface area contributed by atoms with Crippen molar-refractivity contribution in [2.45, 2.75) is 40.0 Å². The molecule has 3 heterocycles. The van der Waals surface area contributed by atoms with Gasteiger partial charge in [0.1, 0.15) is 24.0 Å². The molecule has 0 amide bonds. The quantitative estimate of drug-likeness (QED) is 0.174. The monoisotopic (exact) mass is 690 g/mol. The van der Waals surface area contributed by atoms with Gasteiger partial charge in [0.15, 0.2) is 0 Å². The van der Waals surface area contributed by atoms with Gasteiger partial charge in [-0.1, -0.05) is 87.5 Å². The second-order valence-electron chi connectivity index (χ2n) is 15.1. The average molecular weight is 691 g/mol. The first kappa shape index (κ1) is 32.6. The summed E-state index contributed by atoms with van der Waals surface area (Å²) in [5, 5.41) is 2.36. The first-order valence-corrected chi connectivity index (χ1v) is 18.3.